The van der Waals surface area contributed by atoms with Crippen molar-refractivity contribution in [2.45, 2.75) is 129 Å². The van der Waals surface area contributed by atoms with E-state index < -0.39 is 76.6 Å². The van der Waals surface area contributed by atoms with E-state index in [1.54, 1.807) is 27.0 Å². The van der Waals surface area contributed by atoms with Gasteiger partial charge in [-0.3, -0.25) is 9.59 Å². The molecular formula is C46H57Cl3N2O10. The topological polar surface area (TPSA) is 174 Å². The molecule has 6 aliphatic rings. The van der Waals surface area contributed by atoms with E-state index in [2.05, 4.69) is 36.5 Å². The van der Waals surface area contributed by atoms with Gasteiger partial charge in [-0.2, -0.15) is 0 Å². The summed E-state index contributed by atoms with van der Waals surface area (Å²) in [6.45, 7) is 11.3. The first kappa shape index (κ1) is 45.6. The molecule has 2 bridgehead atoms. The van der Waals surface area contributed by atoms with E-state index in [1.165, 1.54) is 4.57 Å². The van der Waals surface area contributed by atoms with Crippen molar-refractivity contribution in [3.8, 4) is 0 Å². The molecule has 1 aromatic rings. The van der Waals surface area contributed by atoms with Gasteiger partial charge in [0.1, 0.15) is 22.2 Å². The van der Waals surface area contributed by atoms with Crippen LogP contribution in [0, 0.1) is 40.4 Å². The van der Waals surface area contributed by atoms with Crippen LogP contribution in [-0.4, -0.2) is 79.8 Å². The molecule has 13 atom stereocenters. The number of hydrogen-bond acceptors (Lipinski definition) is 9. The fourth-order valence-corrected chi connectivity index (χ4v) is 12.4. The van der Waals surface area contributed by atoms with Gasteiger partial charge in [-0.25, -0.2) is 9.59 Å². The lowest BCUT2D eigenvalue weighted by molar-refractivity contribution is -0.258. The molecule has 332 valence electrons. The van der Waals surface area contributed by atoms with Crippen molar-refractivity contribution >= 4 is 58.4 Å². The first-order chi connectivity index (χ1) is 28.8. The standard InChI is InChI=1S/C46H57Cl3N2O10/c1-8-25-20-46-39(54)32(43(58)61-46)38(53)45(9-2)26(13-11-10-12-22(3)19-44(46,6)21-28(25)42(56)57)15-16-27-29(45)17-14-23(4)37(27)60-31-18-30(52)35(24(5)59-31)50-41(55)36-33(47)34(48)40(49)51(36)7/h10-11,15-16,19,21,23-27,29-31,35,37,52-53H,8-9,12-14,17-18,20H2,1-7H3,(H,50,55)(H,56,57)/b11-10?,22-19?,38-32-/t23-,24+,25-,26+,27-,29+,30+,31-,35+,37-,44-,45+,46+/m0/s1. The Morgan fingerprint density at radius 2 is 1.79 bits per heavy atom. The number of carbonyl (C=O) groups is 4. The number of aliphatic carboxylic acids is 1. The number of allylic oxidation sites excluding steroid dienone is 5. The number of carbonyl (C=O) groups excluding carboxylic acids is 3. The molecule has 1 aromatic heterocycles. The lowest BCUT2D eigenvalue weighted by Gasteiger charge is -2.55. The van der Waals surface area contributed by atoms with E-state index in [-0.39, 0.29) is 74.3 Å². The quantitative estimate of drug-likeness (QED) is 0.118. The number of ketones is 1. The molecule has 4 N–H and O–H groups in total. The third kappa shape index (κ3) is 7.34. The summed E-state index contributed by atoms with van der Waals surface area (Å²) in [5.41, 5.74) is -3.39. The fourth-order valence-electron chi connectivity index (χ4n) is 11.6. The normalized spacial score (nSPS) is 40.0. The second-order valence-corrected chi connectivity index (χ2v) is 19.4. The molecule has 1 spiro atoms. The van der Waals surface area contributed by atoms with Crippen molar-refractivity contribution in [2.24, 2.45) is 47.5 Å². The van der Waals surface area contributed by atoms with Crippen molar-refractivity contribution < 1.29 is 48.7 Å². The molecule has 3 fully saturated rings. The van der Waals surface area contributed by atoms with Crippen LogP contribution in [0.1, 0.15) is 103 Å². The van der Waals surface area contributed by atoms with E-state index in [1.807, 2.05) is 26.8 Å². The minimum absolute atomic E-state index is 0.000167. The maximum atomic E-state index is 15.2. The zero-order valence-electron chi connectivity index (χ0n) is 35.7. The van der Waals surface area contributed by atoms with E-state index in [0.717, 1.165) is 5.57 Å². The summed E-state index contributed by atoms with van der Waals surface area (Å²) in [7, 11) is 1.56. The zero-order valence-corrected chi connectivity index (χ0v) is 37.9. The zero-order chi connectivity index (χ0) is 44.5. The van der Waals surface area contributed by atoms with Gasteiger partial charge >= 0.3 is 11.9 Å². The molecule has 7 rings (SSSR count). The summed E-state index contributed by atoms with van der Waals surface area (Å²) in [4.78, 5) is 55.4. The number of nitrogens with one attached hydrogen (secondary N) is 1. The molecule has 15 heteroatoms. The highest BCUT2D eigenvalue weighted by atomic mass is 35.5. The molecule has 61 heavy (non-hydrogen) atoms. The molecule has 0 unspecified atom stereocenters. The molecule has 12 nitrogen and oxygen atoms in total. The summed E-state index contributed by atoms with van der Waals surface area (Å²) in [5.74, 6) is -4.83. The summed E-state index contributed by atoms with van der Waals surface area (Å²) in [6.07, 6.45) is 12.1. The van der Waals surface area contributed by atoms with Gasteiger partial charge in [-0.1, -0.05) is 97.6 Å². The van der Waals surface area contributed by atoms with Crippen LogP contribution in [0.2, 0.25) is 15.2 Å². The Balaban J connectivity index is 1.22. The second kappa shape index (κ2) is 17.0. The molecule has 2 aliphatic heterocycles. The smallest absolute Gasteiger partial charge is 0.346 e. The number of fused-ring (bicyclic) bond motifs is 4. The molecule has 1 amide bonds. The Labute approximate surface area is 372 Å². The number of halogens is 3. The van der Waals surface area contributed by atoms with Gasteiger partial charge in [0.05, 0.1) is 39.8 Å². The highest BCUT2D eigenvalue weighted by Gasteiger charge is 2.67. The first-order valence-corrected chi connectivity index (χ1v) is 22.6. The lowest BCUT2D eigenvalue weighted by Crippen LogP contribution is -2.58. The average molecular weight is 904 g/mol. The van der Waals surface area contributed by atoms with Gasteiger partial charge in [0.25, 0.3) is 5.91 Å². The number of aromatic nitrogens is 1. The maximum absolute atomic E-state index is 15.2. The van der Waals surface area contributed by atoms with Crippen molar-refractivity contribution in [1.82, 2.24) is 9.88 Å². The number of hydrogen-bond donors (Lipinski definition) is 4. The average Bonchev–Trinajstić information content (AvgIpc) is 3.57. The Morgan fingerprint density at radius 3 is 2.41 bits per heavy atom. The first-order valence-electron chi connectivity index (χ1n) is 21.4. The van der Waals surface area contributed by atoms with Gasteiger partial charge in [0, 0.05) is 36.8 Å². The summed E-state index contributed by atoms with van der Waals surface area (Å²) in [5, 5.41) is 37.5. The number of esters is 1. The predicted molar refractivity (Wildman–Crippen MR) is 230 cm³/mol. The largest absolute Gasteiger partial charge is 0.511 e. The molecule has 3 heterocycles. The SMILES string of the molecule is CC[C@H]1C[C@]23OC(=O)/C(=C(\O)[C@@]4(CC)[C@@H]5CC[C@H](C)[C@H](O[C@H]6C[C@@H](O)[C@H](NC(=O)c7c(Cl)c(Cl)c(Cl)n7C)[C@@H](C)O6)[C@H]5C=C[C@H]4CC=CCC(C)=C[C@@]2(C)C=C1C(=O)O)C3=O. The van der Waals surface area contributed by atoms with E-state index >= 15 is 4.79 Å². The maximum Gasteiger partial charge on any atom is 0.346 e. The minimum Gasteiger partial charge on any atom is -0.511 e. The van der Waals surface area contributed by atoms with Gasteiger partial charge in [-0.05, 0) is 83.0 Å². The molecule has 0 radical (unpaired) electrons. The highest BCUT2D eigenvalue weighted by molar-refractivity contribution is 6.49. The van der Waals surface area contributed by atoms with E-state index in [4.69, 9.17) is 49.0 Å². The van der Waals surface area contributed by atoms with Crippen LogP contribution in [0.15, 0.2) is 58.9 Å². The number of ether oxygens (including phenoxy) is 3. The van der Waals surface area contributed by atoms with Crippen LogP contribution in [0.4, 0.5) is 0 Å². The highest BCUT2D eigenvalue weighted by Crippen LogP contribution is 2.61. The van der Waals surface area contributed by atoms with Crippen LogP contribution in [0.5, 0.6) is 0 Å². The molecular weight excluding hydrogens is 847 g/mol. The minimum atomic E-state index is -1.76. The van der Waals surface area contributed by atoms with Gasteiger partial charge in [0.2, 0.25) is 5.78 Å². The van der Waals surface area contributed by atoms with Gasteiger partial charge in [0.15, 0.2) is 11.9 Å². The number of carboxylic acids is 1. The van der Waals surface area contributed by atoms with Crippen molar-refractivity contribution in [3.05, 3.63) is 79.8 Å². The number of aliphatic hydroxyl groups is 2. The monoisotopic (exact) mass is 902 g/mol. The molecule has 4 aliphatic carbocycles. The number of nitrogens with zero attached hydrogens (tertiary/aromatic N) is 1. The fraction of sp³-hybridized carbons (Fsp3) is 0.609. The Kier molecular flexibility index (Phi) is 12.7. The number of carboxylic acid groups (broad SMARTS) is 1. The van der Waals surface area contributed by atoms with Crippen LogP contribution in [0.25, 0.3) is 0 Å². The third-order valence-electron chi connectivity index (χ3n) is 14.9. The van der Waals surface area contributed by atoms with Gasteiger partial charge < -0.3 is 39.4 Å². The molecule has 0 aromatic carbocycles. The van der Waals surface area contributed by atoms with Crippen molar-refractivity contribution in [1.29, 1.82) is 0 Å². The Bertz CT molecular complexity index is 2120. The number of amides is 1. The second-order valence-electron chi connectivity index (χ2n) is 18.3. The molecule has 2 saturated heterocycles. The van der Waals surface area contributed by atoms with E-state index in [9.17, 15) is 29.7 Å². The summed E-state index contributed by atoms with van der Waals surface area (Å²) < 4.78 is 20.8. The number of rotatable bonds is 7. The number of Topliss-reactive ketones (excluding diaryl/α,β-unsaturated/α-hetero) is 1. The van der Waals surface area contributed by atoms with E-state index in [0.29, 0.717) is 38.5 Å². The van der Waals surface area contributed by atoms with Crippen LogP contribution >= 0.6 is 34.8 Å². The van der Waals surface area contributed by atoms with Crippen LogP contribution in [-0.2, 0) is 35.6 Å². The van der Waals surface area contributed by atoms with Crippen LogP contribution in [0.3, 0.4) is 0 Å². The van der Waals surface area contributed by atoms with Crippen molar-refractivity contribution in [2.75, 3.05) is 0 Å². The predicted octanol–water partition coefficient (Wildman–Crippen LogP) is 8.63. The van der Waals surface area contributed by atoms with Crippen molar-refractivity contribution in [3.63, 3.8) is 0 Å². The number of aliphatic hydroxyl groups excluding tert-OH is 2. The molecule has 1 saturated carbocycles. The summed E-state index contributed by atoms with van der Waals surface area (Å²) >= 11 is 18.7. The van der Waals surface area contributed by atoms with Crippen LogP contribution < -0.4 is 5.32 Å². The van der Waals surface area contributed by atoms with Gasteiger partial charge in [-0.15, -0.1) is 0 Å². The Morgan fingerprint density at radius 1 is 1.07 bits per heavy atom. The third-order valence-corrected chi connectivity index (χ3v) is 16.3. The Hall–Kier alpha value is -3.39. The lowest BCUT2D eigenvalue weighted by atomic mass is 9.51. The summed E-state index contributed by atoms with van der Waals surface area (Å²) in [6, 6.07) is -0.807.